The highest BCUT2D eigenvalue weighted by atomic mass is 16.5. The minimum atomic E-state index is -0.117. The topological polar surface area (TPSA) is 80.9 Å². The zero-order valence-electron chi connectivity index (χ0n) is 19.2. The average Bonchev–Trinajstić information content (AvgIpc) is 3.38. The van der Waals surface area contributed by atoms with E-state index < -0.39 is 0 Å². The highest BCUT2D eigenvalue weighted by Crippen LogP contribution is 2.34. The lowest BCUT2D eigenvalue weighted by molar-refractivity contribution is -0.141. The van der Waals surface area contributed by atoms with E-state index >= 15 is 0 Å². The summed E-state index contributed by atoms with van der Waals surface area (Å²) in [5, 5.41) is 0. The zero-order valence-corrected chi connectivity index (χ0v) is 19.2. The first-order chi connectivity index (χ1) is 16.7. The van der Waals surface area contributed by atoms with E-state index in [0.29, 0.717) is 32.7 Å². The van der Waals surface area contributed by atoms with Gasteiger partial charge in [-0.15, -0.1) is 0 Å². The molecule has 1 amide bonds. The van der Waals surface area contributed by atoms with Crippen molar-refractivity contribution in [2.45, 2.75) is 31.4 Å². The molecule has 1 saturated heterocycles. The molecule has 34 heavy (non-hydrogen) atoms. The fourth-order valence-electron chi connectivity index (χ4n) is 4.36. The second kappa shape index (κ2) is 10.2. The van der Waals surface area contributed by atoms with Crippen LogP contribution in [0.15, 0.2) is 54.8 Å². The first-order valence-electron chi connectivity index (χ1n) is 11.6. The summed E-state index contributed by atoms with van der Waals surface area (Å²) in [6.07, 6.45) is 8.53. The van der Waals surface area contributed by atoms with Gasteiger partial charge in [0.15, 0.2) is 5.92 Å². The number of carbonyl (C=O) groups excluding carboxylic acids is 1. The standard InChI is InChI=1S/C26H28N5O3/c1-18-3-2-4-23(29-18)22-16-28-30-26(22)20-9-10-27-24(15-20)19-5-7-21(8-6-19)34-17-25(32)31-11-13-33-14-12-31/h2-7,9-10,15,21-22,26,30H,8,11-14,17H2,1H3/q+1. The lowest BCUT2D eigenvalue weighted by Gasteiger charge is -2.27. The molecule has 2 aromatic heterocycles. The van der Waals surface area contributed by atoms with E-state index in [2.05, 4.69) is 38.6 Å². The molecule has 3 unspecified atom stereocenters. The van der Waals surface area contributed by atoms with Crippen LogP contribution in [0.1, 0.15) is 41.0 Å². The molecule has 2 aromatic rings. The number of nitrogens with one attached hydrogen (secondary N) is 1. The summed E-state index contributed by atoms with van der Waals surface area (Å²) in [6, 6.07) is 13.2. The van der Waals surface area contributed by atoms with Gasteiger partial charge in [0.25, 0.3) is 0 Å². The van der Waals surface area contributed by atoms with Gasteiger partial charge < -0.3 is 14.4 Å². The van der Waals surface area contributed by atoms with Crippen molar-refractivity contribution < 1.29 is 14.3 Å². The molecule has 0 radical (unpaired) electrons. The van der Waals surface area contributed by atoms with Gasteiger partial charge in [-0.3, -0.25) is 14.8 Å². The van der Waals surface area contributed by atoms with Crippen molar-refractivity contribution in [1.82, 2.24) is 20.3 Å². The number of aryl methyl sites for hydroxylation is 1. The highest BCUT2D eigenvalue weighted by Gasteiger charge is 2.37. The van der Waals surface area contributed by atoms with Crippen LogP contribution in [-0.2, 0) is 14.3 Å². The smallest absolute Gasteiger partial charge is 0.331 e. The number of carbonyl (C=O) groups is 1. The van der Waals surface area contributed by atoms with E-state index in [1.54, 1.807) is 4.90 Å². The third-order valence-electron chi connectivity index (χ3n) is 6.25. The van der Waals surface area contributed by atoms with Gasteiger partial charge in [0, 0.05) is 25.0 Å². The Bertz CT molecular complexity index is 1180. The molecule has 5 rings (SSSR count). The van der Waals surface area contributed by atoms with Gasteiger partial charge in [0.05, 0.1) is 35.7 Å². The molecular formula is C26H28N5O3+. The molecule has 0 saturated carbocycles. The monoisotopic (exact) mass is 458 g/mol. The second-order valence-corrected chi connectivity index (χ2v) is 8.60. The maximum atomic E-state index is 12.3. The highest BCUT2D eigenvalue weighted by molar-refractivity contribution is 5.77. The van der Waals surface area contributed by atoms with Crippen LogP contribution in [0.5, 0.6) is 0 Å². The zero-order chi connectivity index (χ0) is 23.3. The summed E-state index contributed by atoms with van der Waals surface area (Å²) in [6.45, 7) is 4.53. The number of nitrogens with zero attached hydrogens (tertiary/aromatic N) is 4. The molecule has 174 valence electrons. The number of hydrogen-bond acceptors (Lipinski definition) is 6. The molecular weight excluding hydrogens is 430 g/mol. The molecule has 2 aliphatic heterocycles. The predicted molar refractivity (Wildman–Crippen MR) is 128 cm³/mol. The number of hydrogen-bond donors (Lipinski definition) is 1. The molecule has 3 aliphatic rings. The van der Waals surface area contributed by atoms with E-state index in [1.807, 2.05) is 49.5 Å². The van der Waals surface area contributed by atoms with Crippen LogP contribution in [0, 0.1) is 13.0 Å². The van der Waals surface area contributed by atoms with E-state index in [4.69, 9.17) is 9.47 Å². The normalized spacial score (nSPS) is 23.6. The Hall–Kier alpha value is -3.54. The van der Waals surface area contributed by atoms with Crippen molar-refractivity contribution in [3.05, 3.63) is 82.4 Å². The molecule has 0 aromatic carbocycles. The molecule has 1 aliphatic carbocycles. The first kappa shape index (κ1) is 22.3. The molecule has 4 heterocycles. The Kier molecular flexibility index (Phi) is 6.65. The molecule has 1 N–H and O–H groups in total. The predicted octanol–water partition coefficient (Wildman–Crippen LogP) is 3.05. The molecule has 0 bridgehead atoms. The third-order valence-corrected chi connectivity index (χ3v) is 6.25. The van der Waals surface area contributed by atoms with E-state index in [1.165, 1.54) is 0 Å². The van der Waals surface area contributed by atoms with Gasteiger partial charge in [-0.05, 0) is 48.7 Å². The van der Waals surface area contributed by atoms with Gasteiger partial charge in [0.1, 0.15) is 12.6 Å². The Labute approximate surface area is 199 Å². The molecule has 1 fully saturated rings. The van der Waals surface area contributed by atoms with Gasteiger partial charge in [-0.2, -0.15) is 0 Å². The first-order valence-corrected chi connectivity index (χ1v) is 11.6. The largest absolute Gasteiger partial charge is 0.378 e. The summed E-state index contributed by atoms with van der Waals surface area (Å²) in [5.74, 6) is -0.0469. The summed E-state index contributed by atoms with van der Waals surface area (Å²) in [5.41, 5.74) is 8.10. The Morgan fingerprint density at radius 2 is 2.21 bits per heavy atom. The Morgan fingerprint density at radius 3 is 3.00 bits per heavy atom. The Morgan fingerprint density at radius 1 is 1.32 bits per heavy atom. The summed E-state index contributed by atoms with van der Waals surface area (Å²) in [4.78, 5) is 27.6. The van der Waals surface area contributed by atoms with Crippen LogP contribution in [0.2, 0.25) is 0 Å². The van der Waals surface area contributed by atoms with E-state index in [0.717, 1.165) is 28.2 Å². The fraction of sp³-hybridized carbons (Fsp3) is 0.385. The number of aromatic nitrogens is 2. The number of allylic oxidation sites excluding steroid dienone is 2. The minimum Gasteiger partial charge on any atom is -0.378 e. The molecule has 8 nitrogen and oxygen atoms in total. The van der Waals surface area contributed by atoms with Crippen LogP contribution in [0.3, 0.4) is 0 Å². The van der Waals surface area contributed by atoms with Crippen molar-refractivity contribution in [1.29, 1.82) is 0 Å². The third kappa shape index (κ3) is 5.01. The van der Waals surface area contributed by atoms with Crippen LogP contribution < -0.4 is 5.43 Å². The van der Waals surface area contributed by atoms with Gasteiger partial charge >= 0.3 is 6.07 Å². The SMILES string of the molecule is Cc1cccc(C2C#[N+]NC2c2ccnc(C3=CCC(OCC(=O)N4CCOCC4)C=C3)c2)n1. The molecule has 8 heteroatoms. The van der Waals surface area contributed by atoms with E-state index in [9.17, 15) is 4.79 Å². The average molecular weight is 459 g/mol. The van der Waals surface area contributed by atoms with Crippen LogP contribution in [0.4, 0.5) is 0 Å². The summed E-state index contributed by atoms with van der Waals surface area (Å²) in [7, 11) is 0. The maximum absolute atomic E-state index is 12.3. The molecule has 0 spiro atoms. The van der Waals surface area contributed by atoms with Crippen LogP contribution >= 0.6 is 0 Å². The van der Waals surface area contributed by atoms with Gasteiger partial charge in [0.2, 0.25) is 5.91 Å². The summed E-state index contributed by atoms with van der Waals surface area (Å²) >= 11 is 0. The number of amides is 1. The molecule has 3 atom stereocenters. The van der Waals surface area contributed by atoms with Crippen LogP contribution in [-0.4, -0.2) is 59.8 Å². The van der Waals surface area contributed by atoms with Crippen LogP contribution in [0.25, 0.3) is 10.5 Å². The number of morpholine rings is 1. The van der Waals surface area contributed by atoms with E-state index in [-0.39, 0.29) is 30.6 Å². The fourth-order valence-corrected chi connectivity index (χ4v) is 4.36. The number of ether oxygens (including phenoxy) is 2. The summed E-state index contributed by atoms with van der Waals surface area (Å²) < 4.78 is 11.1. The maximum Gasteiger partial charge on any atom is 0.331 e. The minimum absolute atomic E-state index is 0.0154. The second-order valence-electron chi connectivity index (χ2n) is 8.60. The lowest BCUT2D eigenvalue weighted by atomic mass is 9.91. The lowest BCUT2D eigenvalue weighted by Crippen LogP contribution is -2.42. The van der Waals surface area contributed by atoms with Crippen molar-refractivity contribution in [3.8, 4) is 6.07 Å². The van der Waals surface area contributed by atoms with Crippen molar-refractivity contribution in [2.24, 2.45) is 0 Å². The van der Waals surface area contributed by atoms with Gasteiger partial charge in [-0.1, -0.05) is 29.7 Å². The van der Waals surface area contributed by atoms with Gasteiger partial charge in [-0.25, -0.2) is 0 Å². The number of rotatable bonds is 6. The van der Waals surface area contributed by atoms with Crippen molar-refractivity contribution in [2.75, 3.05) is 32.9 Å². The number of pyridine rings is 2. The quantitative estimate of drug-likeness (QED) is 0.717. The Balaban J connectivity index is 1.21. The van der Waals surface area contributed by atoms with Crippen molar-refractivity contribution in [3.63, 3.8) is 0 Å². The van der Waals surface area contributed by atoms with Crippen molar-refractivity contribution >= 4 is 11.5 Å².